The molecule has 36 heavy (non-hydrogen) atoms. The molecule has 0 aliphatic heterocycles. The summed E-state index contributed by atoms with van der Waals surface area (Å²) < 4.78 is 13.5. The maximum atomic E-state index is 13.5. The molecule has 190 valence electrons. The summed E-state index contributed by atoms with van der Waals surface area (Å²) in [6, 6.07) is 7.05. The first-order valence-corrected chi connectivity index (χ1v) is 13.4. The first-order chi connectivity index (χ1) is 17.2. The summed E-state index contributed by atoms with van der Waals surface area (Å²) in [7, 11) is 1.43. The van der Waals surface area contributed by atoms with E-state index in [0.29, 0.717) is 26.8 Å². The van der Waals surface area contributed by atoms with E-state index >= 15 is 0 Å². The minimum atomic E-state index is -1.14. The number of rotatable bonds is 7. The lowest BCUT2D eigenvalue weighted by Gasteiger charge is -2.23. The van der Waals surface area contributed by atoms with E-state index in [4.69, 9.17) is 26.1 Å². The first kappa shape index (κ1) is 26.6. The third-order valence-electron chi connectivity index (χ3n) is 6.13. The predicted molar refractivity (Wildman–Crippen MR) is 146 cm³/mol. The quantitative estimate of drug-likeness (QED) is 0.301. The van der Waals surface area contributed by atoms with Crippen LogP contribution in [-0.4, -0.2) is 40.2 Å². The summed E-state index contributed by atoms with van der Waals surface area (Å²) in [5.41, 5.74) is 0.890. The van der Waals surface area contributed by atoms with Crippen molar-refractivity contribution in [1.82, 2.24) is 9.66 Å². The molecule has 11 heteroatoms. The highest BCUT2D eigenvalue weighted by Gasteiger charge is 2.24. The molecule has 1 aliphatic carbocycles. The summed E-state index contributed by atoms with van der Waals surface area (Å²) in [4.78, 5) is 29.6. The molecular formula is C25H24Br2ClN3O5. The molecule has 8 nitrogen and oxygen atoms in total. The number of nitrogens with zero attached hydrogens (tertiary/aromatic N) is 3. The SMILES string of the molecule is COc1cc(C=Nn2c(C3CCCCC3)nc3ccc(Br)cc3c2=O)c(Br)c(Cl)c1O[C@H](C)C(=O)O. The molecule has 3 aromatic rings. The van der Waals surface area contributed by atoms with Crippen molar-refractivity contribution in [1.29, 1.82) is 0 Å². The first-order valence-electron chi connectivity index (χ1n) is 11.4. The molecule has 2 aromatic carbocycles. The third kappa shape index (κ3) is 5.45. The lowest BCUT2D eigenvalue weighted by atomic mass is 9.88. The van der Waals surface area contributed by atoms with Crippen LogP contribution >= 0.6 is 43.5 Å². The van der Waals surface area contributed by atoms with E-state index in [0.717, 1.165) is 30.2 Å². The minimum absolute atomic E-state index is 0.0929. The van der Waals surface area contributed by atoms with Crippen LogP contribution in [0.1, 0.15) is 56.3 Å². The molecule has 1 aromatic heterocycles. The summed E-state index contributed by atoms with van der Waals surface area (Å²) in [6.45, 7) is 1.39. The van der Waals surface area contributed by atoms with Crippen LogP contribution in [-0.2, 0) is 4.79 Å². The van der Waals surface area contributed by atoms with Crippen LogP contribution in [0.15, 0.2) is 43.1 Å². The zero-order valence-electron chi connectivity index (χ0n) is 19.6. The number of fused-ring (bicyclic) bond motifs is 1. The molecule has 1 fully saturated rings. The van der Waals surface area contributed by atoms with Gasteiger partial charge in [-0.15, -0.1) is 0 Å². The Morgan fingerprint density at radius 1 is 1.28 bits per heavy atom. The second kappa shape index (κ2) is 11.3. The van der Waals surface area contributed by atoms with Crippen LogP contribution in [0.25, 0.3) is 10.9 Å². The van der Waals surface area contributed by atoms with E-state index in [-0.39, 0.29) is 28.0 Å². The highest BCUT2D eigenvalue weighted by molar-refractivity contribution is 9.10. The highest BCUT2D eigenvalue weighted by Crippen LogP contribution is 2.42. The molecule has 0 saturated heterocycles. The lowest BCUT2D eigenvalue weighted by molar-refractivity contribution is -0.144. The van der Waals surface area contributed by atoms with Crippen LogP contribution in [0.5, 0.6) is 11.5 Å². The number of hydrogen-bond acceptors (Lipinski definition) is 6. The van der Waals surface area contributed by atoms with Crippen molar-refractivity contribution in [2.45, 2.75) is 51.0 Å². The normalized spacial score (nSPS) is 15.4. The van der Waals surface area contributed by atoms with Crippen LogP contribution in [0.4, 0.5) is 0 Å². The maximum absolute atomic E-state index is 13.5. The van der Waals surface area contributed by atoms with Gasteiger partial charge in [0.1, 0.15) is 10.8 Å². The molecule has 0 spiro atoms. The Balaban J connectivity index is 1.82. The van der Waals surface area contributed by atoms with Crippen LogP contribution in [0.2, 0.25) is 5.02 Å². The largest absolute Gasteiger partial charge is 0.493 e. The van der Waals surface area contributed by atoms with Gasteiger partial charge >= 0.3 is 5.97 Å². The van der Waals surface area contributed by atoms with Crippen LogP contribution in [0.3, 0.4) is 0 Å². The van der Waals surface area contributed by atoms with E-state index in [1.165, 1.54) is 31.3 Å². The van der Waals surface area contributed by atoms with Gasteiger partial charge in [0.2, 0.25) is 0 Å². The molecule has 1 aliphatic rings. The molecule has 1 atom stereocenters. The van der Waals surface area contributed by atoms with E-state index < -0.39 is 12.1 Å². The van der Waals surface area contributed by atoms with Gasteiger partial charge in [-0.2, -0.15) is 9.78 Å². The Labute approximate surface area is 229 Å². The van der Waals surface area contributed by atoms with Crippen LogP contribution in [0, 0.1) is 0 Å². The number of aromatic nitrogens is 2. The molecule has 1 saturated carbocycles. The number of ether oxygens (including phenoxy) is 2. The van der Waals surface area contributed by atoms with Gasteiger partial charge in [-0.05, 0) is 60.0 Å². The second-order valence-electron chi connectivity index (χ2n) is 8.55. The van der Waals surface area contributed by atoms with E-state index in [9.17, 15) is 14.7 Å². The van der Waals surface area contributed by atoms with Crippen molar-refractivity contribution >= 4 is 66.5 Å². The fraction of sp³-hybridized carbons (Fsp3) is 0.360. The van der Waals surface area contributed by atoms with Crippen molar-refractivity contribution in [2.75, 3.05) is 7.11 Å². The number of carbonyl (C=O) groups is 1. The van der Waals surface area contributed by atoms with Crippen molar-refractivity contribution in [3.63, 3.8) is 0 Å². The Morgan fingerprint density at radius 2 is 2.00 bits per heavy atom. The number of carboxylic acid groups (broad SMARTS) is 1. The summed E-state index contributed by atoms with van der Waals surface area (Å²) in [5.74, 6) is -0.0461. The van der Waals surface area contributed by atoms with Gasteiger partial charge in [-0.1, -0.05) is 46.8 Å². The monoisotopic (exact) mass is 639 g/mol. The topological polar surface area (TPSA) is 103 Å². The molecule has 0 bridgehead atoms. The van der Waals surface area contributed by atoms with Crippen molar-refractivity contribution in [2.24, 2.45) is 5.10 Å². The zero-order valence-corrected chi connectivity index (χ0v) is 23.6. The fourth-order valence-corrected chi connectivity index (χ4v) is 5.21. The average molecular weight is 642 g/mol. The second-order valence-corrected chi connectivity index (χ2v) is 10.6. The van der Waals surface area contributed by atoms with E-state index in [1.54, 1.807) is 12.1 Å². The van der Waals surface area contributed by atoms with Gasteiger partial charge in [-0.3, -0.25) is 4.79 Å². The minimum Gasteiger partial charge on any atom is -0.493 e. The molecular weight excluding hydrogens is 618 g/mol. The van der Waals surface area contributed by atoms with Crippen molar-refractivity contribution < 1.29 is 19.4 Å². The smallest absolute Gasteiger partial charge is 0.344 e. The van der Waals surface area contributed by atoms with Gasteiger partial charge in [0, 0.05) is 20.4 Å². The Hall–Kier alpha value is -2.43. The van der Waals surface area contributed by atoms with Crippen LogP contribution < -0.4 is 15.0 Å². The molecule has 0 radical (unpaired) electrons. The Morgan fingerprint density at radius 3 is 2.67 bits per heavy atom. The number of halogens is 3. The van der Waals surface area contributed by atoms with Gasteiger partial charge in [0.05, 0.1) is 24.2 Å². The fourth-order valence-electron chi connectivity index (χ4n) is 4.21. The van der Waals surface area contributed by atoms with Gasteiger partial charge in [0.25, 0.3) is 5.56 Å². The lowest BCUT2D eigenvalue weighted by Crippen LogP contribution is -2.25. The zero-order chi connectivity index (χ0) is 26.0. The van der Waals surface area contributed by atoms with E-state index in [1.807, 2.05) is 12.1 Å². The molecule has 0 amide bonds. The highest BCUT2D eigenvalue weighted by atomic mass is 79.9. The summed E-state index contributed by atoms with van der Waals surface area (Å²) in [6.07, 6.45) is 5.59. The standard InChI is InChI=1S/C25H24Br2ClN3O5/c1-13(25(33)34)36-22-19(35-2)10-15(20(27)21(22)28)12-29-31-23(14-6-4-3-5-7-14)30-18-9-8-16(26)11-17(18)24(31)32/h8-14H,3-7H2,1-2H3,(H,33,34)/t13-/m1/s1. The van der Waals surface area contributed by atoms with Gasteiger partial charge in [0.15, 0.2) is 17.6 Å². The Bertz CT molecular complexity index is 1400. The number of aliphatic carboxylic acids is 1. The van der Waals surface area contributed by atoms with Gasteiger partial charge in [-0.25, -0.2) is 9.78 Å². The summed E-state index contributed by atoms with van der Waals surface area (Å²) >= 11 is 13.4. The molecule has 0 unspecified atom stereocenters. The average Bonchev–Trinajstić information content (AvgIpc) is 2.87. The van der Waals surface area contributed by atoms with E-state index in [2.05, 4.69) is 37.0 Å². The molecule has 1 N–H and O–H groups in total. The number of methoxy groups -OCH3 is 1. The predicted octanol–water partition coefficient (Wildman–Crippen LogP) is 6.37. The summed E-state index contributed by atoms with van der Waals surface area (Å²) in [5, 5.41) is 14.3. The van der Waals surface area contributed by atoms with Crippen molar-refractivity contribution in [3.8, 4) is 11.5 Å². The van der Waals surface area contributed by atoms with Crippen molar-refractivity contribution in [3.05, 3.63) is 60.0 Å². The number of hydrogen-bond donors (Lipinski definition) is 1. The maximum Gasteiger partial charge on any atom is 0.344 e. The molecule has 4 rings (SSSR count). The Kier molecular flexibility index (Phi) is 8.37. The third-order valence-corrected chi connectivity index (χ3v) is 8.07. The van der Waals surface area contributed by atoms with Gasteiger partial charge < -0.3 is 14.6 Å². The molecule has 1 heterocycles. The number of benzene rings is 2. The number of carboxylic acids is 1.